The maximum atomic E-state index is 13.0. The third-order valence-electron chi connectivity index (χ3n) is 10.0. The van der Waals surface area contributed by atoms with Gasteiger partial charge in [-0.15, -0.1) is 0 Å². The molecule has 9 heteroatoms. The van der Waals surface area contributed by atoms with E-state index < -0.39 is 0 Å². The van der Waals surface area contributed by atoms with Gasteiger partial charge in [0, 0.05) is 61.1 Å². The molecule has 7 rings (SSSR count). The van der Waals surface area contributed by atoms with Crippen LogP contribution in [-0.2, 0) is 24.2 Å². The fourth-order valence-corrected chi connectivity index (χ4v) is 7.46. The van der Waals surface area contributed by atoms with Gasteiger partial charge in [-0.1, -0.05) is 12.1 Å². The Balaban J connectivity index is 1.01. The summed E-state index contributed by atoms with van der Waals surface area (Å²) in [5.74, 6) is 1.80. The quantitative estimate of drug-likeness (QED) is 0.434. The highest BCUT2D eigenvalue weighted by molar-refractivity contribution is 5.79. The van der Waals surface area contributed by atoms with Gasteiger partial charge in [0.25, 0.3) is 0 Å². The lowest BCUT2D eigenvalue weighted by atomic mass is 9.86. The molecule has 0 aliphatic carbocycles. The van der Waals surface area contributed by atoms with Gasteiger partial charge in [0.2, 0.25) is 11.8 Å². The van der Waals surface area contributed by atoms with Crippen LogP contribution in [0.5, 0.6) is 5.88 Å². The number of carbonyl (C=O) groups is 1. The monoisotopic (exact) mass is 595 g/mol. The molecule has 4 aliphatic heterocycles. The fraction of sp³-hybridized carbons (Fsp3) is 0.514. The van der Waals surface area contributed by atoms with Crippen molar-refractivity contribution in [1.29, 1.82) is 0 Å². The number of nitrogens with zero attached hydrogens (tertiary/aromatic N) is 5. The Bertz CT molecular complexity index is 1540. The van der Waals surface area contributed by atoms with Crippen molar-refractivity contribution in [2.45, 2.75) is 65.5 Å². The molecule has 232 valence electrons. The fourth-order valence-electron chi connectivity index (χ4n) is 7.46. The Labute approximate surface area is 261 Å². The van der Waals surface area contributed by atoms with E-state index in [9.17, 15) is 4.79 Å². The van der Waals surface area contributed by atoms with Crippen LogP contribution >= 0.6 is 0 Å². The molecule has 1 unspecified atom stereocenters. The first kappa shape index (κ1) is 28.9. The standard InChI is InChI=1S/C35H45N7O2/c1-24-29(20-38-33-32(24)42(15-16-44-33)34(2,3)4)40-13-9-26-19-37-30(18-27(26)21-40)39-28-7-5-25(6-8-28)17-31(43)41-14-11-35(23-41)10-12-36-22-35/h5-8,18-20,36H,9-17,21-23H2,1-4H3,(H,37,39). The van der Waals surface area contributed by atoms with Crippen LogP contribution in [0.25, 0.3) is 0 Å². The van der Waals surface area contributed by atoms with Crippen LogP contribution in [0, 0.1) is 12.3 Å². The summed E-state index contributed by atoms with van der Waals surface area (Å²) >= 11 is 0. The van der Waals surface area contributed by atoms with Crippen molar-refractivity contribution in [3.63, 3.8) is 0 Å². The van der Waals surface area contributed by atoms with Gasteiger partial charge in [-0.25, -0.2) is 9.97 Å². The highest BCUT2D eigenvalue weighted by Crippen LogP contribution is 2.42. The van der Waals surface area contributed by atoms with Crippen LogP contribution < -0.4 is 25.2 Å². The van der Waals surface area contributed by atoms with Gasteiger partial charge in [0.15, 0.2) is 0 Å². The number of likely N-dealkylation sites (tertiary alicyclic amines) is 1. The predicted octanol–water partition coefficient (Wildman–Crippen LogP) is 4.84. The maximum Gasteiger partial charge on any atom is 0.238 e. The van der Waals surface area contributed by atoms with Crippen LogP contribution in [0.2, 0.25) is 0 Å². The highest BCUT2D eigenvalue weighted by atomic mass is 16.5. The minimum absolute atomic E-state index is 0.0116. The van der Waals surface area contributed by atoms with Gasteiger partial charge >= 0.3 is 0 Å². The minimum atomic E-state index is -0.0116. The molecule has 9 nitrogen and oxygen atoms in total. The van der Waals surface area contributed by atoms with E-state index in [4.69, 9.17) is 14.7 Å². The largest absolute Gasteiger partial charge is 0.474 e. The molecule has 2 N–H and O–H groups in total. The average Bonchev–Trinajstić information content (AvgIpc) is 3.66. The van der Waals surface area contributed by atoms with Crippen LogP contribution in [0.3, 0.4) is 0 Å². The summed E-state index contributed by atoms with van der Waals surface area (Å²) in [5.41, 5.74) is 8.38. The first-order valence-electron chi connectivity index (χ1n) is 16.1. The Morgan fingerprint density at radius 1 is 1.07 bits per heavy atom. The second-order valence-corrected chi connectivity index (χ2v) is 14.1. The second kappa shape index (κ2) is 11.3. The minimum Gasteiger partial charge on any atom is -0.474 e. The number of ether oxygens (including phenoxy) is 1. The second-order valence-electron chi connectivity index (χ2n) is 14.1. The van der Waals surface area contributed by atoms with Crippen molar-refractivity contribution in [1.82, 2.24) is 20.2 Å². The van der Waals surface area contributed by atoms with Crippen molar-refractivity contribution in [3.8, 4) is 5.88 Å². The third-order valence-corrected chi connectivity index (χ3v) is 10.0. The number of aromatic nitrogens is 2. The van der Waals surface area contributed by atoms with Crippen LogP contribution in [0.15, 0.2) is 42.7 Å². The van der Waals surface area contributed by atoms with E-state index in [1.54, 1.807) is 0 Å². The molecule has 1 spiro atoms. The summed E-state index contributed by atoms with van der Waals surface area (Å²) in [6.07, 6.45) is 7.68. The number of rotatable bonds is 5. The molecular weight excluding hydrogens is 550 g/mol. The molecule has 2 fully saturated rings. The zero-order valence-electron chi connectivity index (χ0n) is 26.6. The Kier molecular flexibility index (Phi) is 7.39. The normalized spacial score (nSPS) is 21.3. The Hall–Kier alpha value is -3.85. The summed E-state index contributed by atoms with van der Waals surface area (Å²) in [6, 6.07) is 10.4. The molecule has 0 saturated carbocycles. The lowest BCUT2D eigenvalue weighted by molar-refractivity contribution is -0.129. The Morgan fingerprint density at radius 3 is 2.68 bits per heavy atom. The third kappa shape index (κ3) is 5.58. The maximum absolute atomic E-state index is 13.0. The molecule has 0 bridgehead atoms. The van der Waals surface area contributed by atoms with E-state index in [0.717, 1.165) is 93.0 Å². The SMILES string of the molecule is Cc1c(N2CCc3cnc(Nc4ccc(CC(=O)N5CCC6(CCNC6)C5)cc4)cc3C2)cnc2c1N(C(C)(C)C)CCO2. The molecule has 1 aromatic carbocycles. The lowest BCUT2D eigenvalue weighted by Gasteiger charge is -2.42. The van der Waals surface area contributed by atoms with Crippen molar-refractivity contribution in [2.24, 2.45) is 5.41 Å². The van der Waals surface area contributed by atoms with Crippen molar-refractivity contribution in [3.05, 3.63) is 65.0 Å². The van der Waals surface area contributed by atoms with Crippen LogP contribution in [0.1, 0.15) is 55.9 Å². The molecule has 6 heterocycles. The van der Waals surface area contributed by atoms with E-state index in [0.29, 0.717) is 18.4 Å². The lowest BCUT2D eigenvalue weighted by Crippen LogP contribution is -2.47. The first-order valence-corrected chi connectivity index (χ1v) is 16.1. The number of carbonyl (C=O) groups excluding carboxylic acids is 1. The zero-order valence-corrected chi connectivity index (χ0v) is 26.6. The average molecular weight is 596 g/mol. The number of hydrogen-bond donors (Lipinski definition) is 2. The van der Waals surface area contributed by atoms with Crippen LogP contribution in [-0.4, -0.2) is 72.2 Å². The number of fused-ring (bicyclic) bond motifs is 2. The van der Waals surface area contributed by atoms with Crippen LogP contribution in [0.4, 0.5) is 22.9 Å². The number of amides is 1. The first-order chi connectivity index (χ1) is 21.2. The molecule has 3 aromatic rings. The summed E-state index contributed by atoms with van der Waals surface area (Å²) in [6.45, 7) is 16.1. The van der Waals surface area contributed by atoms with E-state index in [2.05, 4.69) is 71.2 Å². The van der Waals surface area contributed by atoms with Crippen molar-refractivity contribution >= 4 is 28.8 Å². The topological polar surface area (TPSA) is 85.9 Å². The number of benzene rings is 1. The van der Waals surface area contributed by atoms with Gasteiger partial charge in [-0.05, 0) is 88.4 Å². The molecule has 4 aliphatic rings. The number of pyridine rings is 2. The number of hydrogen-bond acceptors (Lipinski definition) is 8. The summed E-state index contributed by atoms with van der Waals surface area (Å²) < 4.78 is 5.96. The van der Waals surface area contributed by atoms with Gasteiger partial charge in [0.05, 0.1) is 24.8 Å². The van der Waals surface area contributed by atoms with Crippen molar-refractivity contribution in [2.75, 3.05) is 61.0 Å². The van der Waals surface area contributed by atoms with Crippen molar-refractivity contribution < 1.29 is 9.53 Å². The summed E-state index contributed by atoms with van der Waals surface area (Å²) in [7, 11) is 0. The number of anilines is 4. The molecule has 44 heavy (non-hydrogen) atoms. The summed E-state index contributed by atoms with van der Waals surface area (Å²) in [5, 5.41) is 6.96. The summed E-state index contributed by atoms with van der Waals surface area (Å²) in [4.78, 5) is 29.4. The zero-order chi connectivity index (χ0) is 30.5. The highest BCUT2D eigenvalue weighted by Gasteiger charge is 2.41. The van der Waals surface area contributed by atoms with E-state index in [-0.39, 0.29) is 11.4 Å². The predicted molar refractivity (Wildman–Crippen MR) is 175 cm³/mol. The van der Waals surface area contributed by atoms with Gasteiger partial charge < -0.3 is 30.1 Å². The van der Waals surface area contributed by atoms with E-state index >= 15 is 0 Å². The van der Waals surface area contributed by atoms with Gasteiger partial charge in [-0.3, -0.25) is 4.79 Å². The molecule has 2 aromatic heterocycles. The molecule has 1 amide bonds. The van der Waals surface area contributed by atoms with E-state index in [1.165, 1.54) is 23.1 Å². The van der Waals surface area contributed by atoms with Gasteiger partial charge in [-0.2, -0.15) is 0 Å². The molecule has 2 saturated heterocycles. The Morgan fingerprint density at radius 2 is 1.91 bits per heavy atom. The molecule has 1 atom stereocenters. The molecule has 0 radical (unpaired) electrons. The number of nitrogens with one attached hydrogen (secondary N) is 2. The van der Waals surface area contributed by atoms with E-state index in [1.807, 2.05) is 24.5 Å². The molecular formula is C35H45N7O2. The van der Waals surface area contributed by atoms with Gasteiger partial charge in [0.1, 0.15) is 18.1 Å². The smallest absolute Gasteiger partial charge is 0.238 e.